The molecule has 0 fully saturated rings. The minimum Gasteiger partial charge on any atom is -0.494 e. The molecule has 2 N–H and O–H groups in total. The molecule has 0 atom stereocenters. The van der Waals surface area contributed by atoms with Gasteiger partial charge in [0.1, 0.15) is 18.0 Å². The van der Waals surface area contributed by atoms with E-state index >= 15 is 0 Å². The van der Waals surface area contributed by atoms with Crippen LogP contribution in [0.1, 0.15) is 70.9 Å². The number of amides is 2. The molecule has 2 amide bonds. The molecule has 0 bridgehead atoms. The molecule has 0 aromatic heterocycles. The van der Waals surface area contributed by atoms with E-state index in [2.05, 4.69) is 12.2 Å². The number of nitrogens with one attached hydrogen (secondary N) is 1. The summed E-state index contributed by atoms with van der Waals surface area (Å²) in [6, 6.07) is 25.3. The molecule has 0 saturated carbocycles. The smallest absolute Gasteiger partial charge is 0.343 e. The Hall–Kier alpha value is -5.49. The minimum atomic E-state index is -3.34. The number of esters is 1. The minimum absolute atomic E-state index is 0.0109. The Labute approximate surface area is 298 Å². The van der Waals surface area contributed by atoms with Crippen LogP contribution >= 0.6 is 0 Å². The molecule has 4 aromatic rings. The second-order valence-corrected chi connectivity index (χ2v) is 14.1. The van der Waals surface area contributed by atoms with Gasteiger partial charge < -0.3 is 24.8 Å². The fourth-order valence-corrected chi connectivity index (χ4v) is 5.75. The number of nitrogens with zero attached hydrogens (tertiary/aromatic N) is 1. The highest BCUT2D eigenvalue weighted by molar-refractivity contribution is 7.90. The third-order valence-electron chi connectivity index (χ3n) is 7.86. The predicted octanol–water partition coefficient (Wildman–Crippen LogP) is 6.57. The average molecular weight is 715 g/mol. The molecule has 268 valence electrons. The Morgan fingerprint density at radius 3 is 1.92 bits per heavy atom. The second-order valence-electron chi connectivity index (χ2n) is 12.1. The molecule has 4 aromatic carbocycles. The van der Waals surface area contributed by atoms with Gasteiger partial charge in [-0.2, -0.15) is 0 Å². The van der Waals surface area contributed by atoms with Crippen LogP contribution in [0.5, 0.6) is 11.5 Å². The summed E-state index contributed by atoms with van der Waals surface area (Å²) < 4.78 is 34.6. The van der Waals surface area contributed by atoms with Crippen LogP contribution in [0, 0.1) is 0 Å². The van der Waals surface area contributed by atoms with Gasteiger partial charge in [-0.05, 0) is 90.3 Å². The largest absolute Gasteiger partial charge is 0.494 e. The van der Waals surface area contributed by atoms with Crippen LogP contribution in [0.2, 0.25) is 0 Å². The number of anilines is 1. The number of rotatable bonds is 18. The van der Waals surface area contributed by atoms with Crippen LogP contribution in [0.25, 0.3) is 0 Å². The number of hydrogen-bond donors (Lipinski definition) is 2. The molecule has 51 heavy (non-hydrogen) atoms. The first-order valence-electron chi connectivity index (χ1n) is 16.6. The van der Waals surface area contributed by atoms with Crippen molar-refractivity contribution in [3.8, 4) is 11.5 Å². The zero-order valence-corrected chi connectivity index (χ0v) is 29.5. The highest BCUT2D eigenvalue weighted by Crippen LogP contribution is 2.20. The Morgan fingerprint density at radius 1 is 0.725 bits per heavy atom. The number of hydrogen-bond acceptors (Lipinski definition) is 8. The van der Waals surface area contributed by atoms with E-state index in [1.54, 1.807) is 60.7 Å². The lowest BCUT2D eigenvalue weighted by atomic mass is 10.1. The number of carbonyl (C=O) groups excluding carboxylic acids is 3. The average Bonchev–Trinajstić information content (AvgIpc) is 3.10. The molecule has 0 aliphatic carbocycles. The normalized spacial score (nSPS) is 11.0. The Kier molecular flexibility index (Phi) is 13.9. The molecule has 0 saturated heterocycles. The number of carbonyl (C=O) groups is 4. The first-order valence-corrected chi connectivity index (χ1v) is 18.5. The van der Waals surface area contributed by atoms with Gasteiger partial charge in [0.05, 0.1) is 23.5 Å². The first-order chi connectivity index (χ1) is 24.4. The van der Waals surface area contributed by atoms with Crippen molar-refractivity contribution in [3.63, 3.8) is 0 Å². The van der Waals surface area contributed by atoms with Crippen molar-refractivity contribution in [2.75, 3.05) is 24.7 Å². The van der Waals surface area contributed by atoms with E-state index in [0.717, 1.165) is 19.1 Å². The second kappa shape index (κ2) is 18.5. The van der Waals surface area contributed by atoms with Crippen molar-refractivity contribution in [3.05, 3.63) is 119 Å². The maximum atomic E-state index is 13.3. The van der Waals surface area contributed by atoms with Crippen LogP contribution in [0.15, 0.2) is 102 Å². The standard InChI is InChI=1S/C39H42N2O9S/c1-3-4-5-6-7-24-49-33-20-14-31(15-21-33)39(46)50-34-18-8-29(9-19-34)26-41(27-37(43)44)38(45)30-12-16-32(17-13-30)40-36(42)25-28-10-22-35(23-11-28)51(2,47)48/h8-23H,3-7,24-27H2,1-2H3,(H,40,42)(H,43,44). The third-order valence-corrected chi connectivity index (χ3v) is 8.99. The number of ether oxygens (including phenoxy) is 2. The van der Waals surface area contributed by atoms with Crippen molar-refractivity contribution in [1.29, 1.82) is 0 Å². The summed E-state index contributed by atoms with van der Waals surface area (Å²) in [5.74, 6) is -1.63. The molecule has 0 heterocycles. The molecule has 11 nitrogen and oxygen atoms in total. The molecule has 0 aliphatic rings. The molecule has 0 radical (unpaired) electrons. The zero-order chi connectivity index (χ0) is 36.8. The van der Waals surface area contributed by atoms with E-state index in [1.807, 2.05) is 0 Å². The van der Waals surface area contributed by atoms with Crippen molar-refractivity contribution < 1.29 is 42.2 Å². The molecule has 4 rings (SSSR count). The Balaban J connectivity index is 1.29. The fraction of sp³-hybridized carbons (Fsp3) is 0.282. The number of carboxylic acids is 1. The monoisotopic (exact) mass is 714 g/mol. The third kappa shape index (κ3) is 12.4. The summed E-state index contributed by atoms with van der Waals surface area (Å²) in [4.78, 5) is 51.5. The Bertz CT molecular complexity index is 1890. The van der Waals surface area contributed by atoms with Crippen LogP contribution < -0.4 is 14.8 Å². The quantitative estimate of drug-likeness (QED) is 0.0662. The molecule has 0 spiro atoms. The van der Waals surface area contributed by atoms with Gasteiger partial charge in [0.2, 0.25) is 5.91 Å². The maximum absolute atomic E-state index is 13.3. The van der Waals surface area contributed by atoms with E-state index in [9.17, 15) is 32.7 Å². The van der Waals surface area contributed by atoms with Gasteiger partial charge in [-0.1, -0.05) is 56.9 Å². The van der Waals surface area contributed by atoms with E-state index in [0.29, 0.717) is 34.7 Å². The van der Waals surface area contributed by atoms with Crippen LogP contribution in [0.4, 0.5) is 5.69 Å². The molecule has 12 heteroatoms. The van der Waals surface area contributed by atoms with Crippen LogP contribution in [-0.2, 0) is 32.4 Å². The number of carboxylic acid groups (broad SMARTS) is 1. The summed E-state index contributed by atoms with van der Waals surface area (Å²) in [6.45, 7) is 2.23. The first kappa shape index (κ1) is 38.3. The van der Waals surface area contributed by atoms with Gasteiger partial charge in [0.15, 0.2) is 9.84 Å². The highest BCUT2D eigenvalue weighted by atomic mass is 32.2. The summed E-state index contributed by atoms with van der Waals surface area (Å²) in [5, 5.41) is 12.2. The van der Waals surface area contributed by atoms with Crippen molar-refractivity contribution in [1.82, 2.24) is 4.90 Å². The van der Waals surface area contributed by atoms with Gasteiger partial charge in [-0.25, -0.2) is 13.2 Å². The number of aliphatic carboxylic acids is 1. The number of sulfone groups is 1. The van der Waals surface area contributed by atoms with E-state index in [1.165, 1.54) is 60.6 Å². The summed E-state index contributed by atoms with van der Waals surface area (Å²) in [7, 11) is -3.34. The maximum Gasteiger partial charge on any atom is 0.343 e. The van der Waals surface area contributed by atoms with Gasteiger partial charge in [0, 0.05) is 24.1 Å². The zero-order valence-electron chi connectivity index (χ0n) is 28.7. The molecule has 0 unspecified atom stereocenters. The summed E-state index contributed by atoms with van der Waals surface area (Å²) >= 11 is 0. The van der Waals surface area contributed by atoms with Crippen molar-refractivity contribution >= 4 is 39.3 Å². The lowest BCUT2D eigenvalue weighted by Gasteiger charge is -2.21. The topological polar surface area (TPSA) is 156 Å². The van der Waals surface area contributed by atoms with E-state index < -0.39 is 34.2 Å². The lowest BCUT2D eigenvalue weighted by Crippen LogP contribution is -2.35. The van der Waals surface area contributed by atoms with Crippen molar-refractivity contribution in [2.45, 2.75) is 56.9 Å². The number of unbranched alkanes of at least 4 members (excludes halogenated alkanes) is 4. The predicted molar refractivity (Wildman–Crippen MR) is 193 cm³/mol. The van der Waals surface area contributed by atoms with Gasteiger partial charge in [0.25, 0.3) is 5.91 Å². The molecular weight excluding hydrogens is 673 g/mol. The summed E-state index contributed by atoms with van der Waals surface area (Å²) in [6.07, 6.45) is 6.83. The Morgan fingerprint density at radius 2 is 1.31 bits per heavy atom. The summed E-state index contributed by atoms with van der Waals surface area (Å²) in [5.41, 5.74) is 2.26. The van der Waals surface area contributed by atoms with E-state index in [4.69, 9.17) is 9.47 Å². The molecule has 0 aliphatic heterocycles. The molecular formula is C39H42N2O9S. The van der Waals surface area contributed by atoms with Gasteiger partial charge >= 0.3 is 11.9 Å². The van der Waals surface area contributed by atoms with Gasteiger partial charge in [-0.3, -0.25) is 14.4 Å². The fourth-order valence-electron chi connectivity index (χ4n) is 5.12. The number of benzene rings is 4. The highest BCUT2D eigenvalue weighted by Gasteiger charge is 2.20. The van der Waals surface area contributed by atoms with E-state index in [-0.39, 0.29) is 35.1 Å². The van der Waals surface area contributed by atoms with Gasteiger partial charge in [-0.15, -0.1) is 0 Å². The SMILES string of the molecule is CCCCCCCOc1ccc(C(=O)Oc2ccc(CN(CC(=O)O)C(=O)c3ccc(NC(=O)Cc4ccc(S(C)(=O)=O)cc4)cc3)cc2)cc1. The van der Waals surface area contributed by atoms with Crippen LogP contribution in [-0.4, -0.2) is 61.6 Å². The van der Waals surface area contributed by atoms with Crippen molar-refractivity contribution in [2.24, 2.45) is 0 Å². The lowest BCUT2D eigenvalue weighted by molar-refractivity contribution is -0.137. The van der Waals surface area contributed by atoms with Crippen LogP contribution in [0.3, 0.4) is 0 Å².